The normalized spacial score (nSPS) is 22.1. The first kappa shape index (κ1) is 14.7. The van der Waals surface area contributed by atoms with Crippen LogP contribution >= 0.6 is 0 Å². The Balaban J connectivity index is 2.68. The molecule has 0 radical (unpaired) electrons. The van der Waals surface area contributed by atoms with Crippen LogP contribution in [0.25, 0.3) is 0 Å². The highest BCUT2D eigenvalue weighted by Crippen LogP contribution is 2.21. The number of rotatable bonds is 5. The summed E-state index contributed by atoms with van der Waals surface area (Å²) in [4.78, 5) is 23.9. The van der Waals surface area contributed by atoms with Crippen LogP contribution in [0.1, 0.15) is 46.0 Å². The maximum Gasteiger partial charge on any atom is 0.331 e. The number of allylic oxidation sites excluding steroid dienone is 2. The van der Waals surface area contributed by atoms with Gasteiger partial charge in [0.2, 0.25) is 5.91 Å². The van der Waals surface area contributed by atoms with Crippen LogP contribution in [0.5, 0.6) is 0 Å². The molecule has 0 spiro atoms. The van der Waals surface area contributed by atoms with Crippen LogP contribution in [-0.2, 0) is 14.3 Å². The minimum absolute atomic E-state index is 0.0177. The fourth-order valence-corrected chi connectivity index (χ4v) is 2.35. The van der Waals surface area contributed by atoms with Gasteiger partial charge in [-0.05, 0) is 32.6 Å². The van der Waals surface area contributed by atoms with Crippen molar-refractivity contribution in [3.63, 3.8) is 0 Å². The molecule has 1 aliphatic rings. The first-order valence-corrected chi connectivity index (χ1v) is 6.59. The largest absolute Gasteiger partial charge is 0.467 e. The maximum atomic E-state index is 12.2. The topological polar surface area (TPSA) is 55.4 Å². The standard InChI is InChI=1S/C14H23NO3/c1-4-10-14(2,13(17)18-3)15-12(16)11-8-6-5-7-9-11/h5-6,11H,4,7-10H2,1-3H3,(H,15,16). The molecule has 4 nitrogen and oxygen atoms in total. The van der Waals surface area contributed by atoms with Gasteiger partial charge in [0, 0.05) is 5.92 Å². The van der Waals surface area contributed by atoms with E-state index in [2.05, 4.69) is 11.4 Å². The quantitative estimate of drug-likeness (QED) is 0.603. The van der Waals surface area contributed by atoms with Gasteiger partial charge in [-0.3, -0.25) is 4.79 Å². The monoisotopic (exact) mass is 253 g/mol. The van der Waals surface area contributed by atoms with Crippen LogP contribution in [-0.4, -0.2) is 24.5 Å². The van der Waals surface area contributed by atoms with Gasteiger partial charge in [0.15, 0.2) is 0 Å². The average molecular weight is 253 g/mol. The molecule has 2 atom stereocenters. The van der Waals surface area contributed by atoms with E-state index in [1.54, 1.807) is 6.92 Å². The van der Waals surface area contributed by atoms with E-state index >= 15 is 0 Å². The molecule has 0 bridgehead atoms. The fraction of sp³-hybridized carbons (Fsp3) is 0.714. The molecular weight excluding hydrogens is 230 g/mol. The van der Waals surface area contributed by atoms with Crippen molar-refractivity contribution < 1.29 is 14.3 Å². The van der Waals surface area contributed by atoms with Gasteiger partial charge in [0.1, 0.15) is 5.54 Å². The van der Waals surface area contributed by atoms with Crippen molar-refractivity contribution in [2.75, 3.05) is 7.11 Å². The number of amides is 1. The van der Waals surface area contributed by atoms with E-state index in [1.807, 2.05) is 13.0 Å². The Morgan fingerprint density at radius 2 is 2.17 bits per heavy atom. The van der Waals surface area contributed by atoms with Crippen LogP contribution in [0.2, 0.25) is 0 Å². The Hall–Kier alpha value is -1.32. The summed E-state index contributed by atoms with van der Waals surface area (Å²) in [5, 5.41) is 2.87. The summed E-state index contributed by atoms with van der Waals surface area (Å²) in [6.07, 6.45) is 8.07. The molecule has 18 heavy (non-hydrogen) atoms. The second-order valence-corrected chi connectivity index (χ2v) is 5.04. The highest BCUT2D eigenvalue weighted by molar-refractivity contribution is 5.88. The highest BCUT2D eigenvalue weighted by Gasteiger charge is 2.36. The number of hydrogen-bond donors (Lipinski definition) is 1. The Labute approximate surface area is 109 Å². The van der Waals surface area contributed by atoms with Gasteiger partial charge in [0.25, 0.3) is 0 Å². The van der Waals surface area contributed by atoms with Gasteiger partial charge in [-0.2, -0.15) is 0 Å². The minimum atomic E-state index is -0.901. The molecule has 0 aromatic carbocycles. The molecule has 1 aliphatic carbocycles. The lowest BCUT2D eigenvalue weighted by molar-refractivity contribution is -0.151. The number of nitrogens with one attached hydrogen (secondary N) is 1. The van der Waals surface area contributed by atoms with Crippen LogP contribution in [0.3, 0.4) is 0 Å². The lowest BCUT2D eigenvalue weighted by atomic mass is 9.90. The second kappa shape index (κ2) is 6.57. The van der Waals surface area contributed by atoms with Crippen molar-refractivity contribution in [3.8, 4) is 0 Å². The molecule has 1 rings (SSSR count). The SMILES string of the molecule is CCCC(C)(NC(=O)C1CC=CCC1)C(=O)OC. The second-order valence-electron chi connectivity index (χ2n) is 5.04. The molecule has 0 aliphatic heterocycles. The van der Waals surface area contributed by atoms with E-state index in [4.69, 9.17) is 4.74 Å². The highest BCUT2D eigenvalue weighted by atomic mass is 16.5. The summed E-state index contributed by atoms with van der Waals surface area (Å²) in [5.74, 6) is -0.430. The number of esters is 1. The molecular formula is C14H23NO3. The molecule has 102 valence electrons. The van der Waals surface area contributed by atoms with Crippen LogP contribution in [0.15, 0.2) is 12.2 Å². The molecule has 0 heterocycles. The van der Waals surface area contributed by atoms with Gasteiger partial charge in [0.05, 0.1) is 7.11 Å². The number of ether oxygens (including phenoxy) is 1. The number of methoxy groups -OCH3 is 1. The molecule has 4 heteroatoms. The number of hydrogen-bond acceptors (Lipinski definition) is 3. The molecule has 1 N–H and O–H groups in total. The third-order valence-corrected chi connectivity index (χ3v) is 3.42. The molecule has 0 saturated carbocycles. The van der Waals surface area contributed by atoms with Gasteiger partial charge in [-0.25, -0.2) is 4.79 Å². The van der Waals surface area contributed by atoms with Gasteiger partial charge < -0.3 is 10.1 Å². The first-order chi connectivity index (χ1) is 8.53. The van der Waals surface area contributed by atoms with E-state index in [0.29, 0.717) is 6.42 Å². The summed E-state index contributed by atoms with van der Waals surface area (Å²) < 4.78 is 4.79. The summed E-state index contributed by atoms with van der Waals surface area (Å²) in [6.45, 7) is 3.72. The van der Waals surface area contributed by atoms with Crippen LogP contribution in [0, 0.1) is 5.92 Å². The third kappa shape index (κ3) is 3.59. The lowest BCUT2D eigenvalue weighted by Gasteiger charge is -2.30. The van der Waals surface area contributed by atoms with Crippen molar-refractivity contribution in [3.05, 3.63) is 12.2 Å². The van der Waals surface area contributed by atoms with Crippen molar-refractivity contribution in [2.24, 2.45) is 5.92 Å². The number of carbonyl (C=O) groups is 2. The molecule has 0 aromatic rings. The molecule has 2 unspecified atom stereocenters. The van der Waals surface area contributed by atoms with Gasteiger partial charge in [-0.1, -0.05) is 25.5 Å². The molecule has 0 fully saturated rings. The Kier molecular flexibility index (Phi) is 5.38. The predicted octanol–water partition coefficient (Wildman–Crippen LogP) is 2.19. The Morgan fingerprint density at radius 3 is 2.67 bits per heavy atom. The average Bonchev–Trinajstić information content (AvgIpc) is 2.39. The van der Waals surface area contributed by atoms with E-state index in [-0.39, 0.29) is 17.8 Å². The summed E-state index contributed by atoms with van der Waals surface area (Å²) >= 11 is 0. The lowest BCUT2D eigenvalue weighted by Crippen LogP contribution is -2.54. The van der Waals surface area contributed by atoms with Gasteiger partial charge in [-0.15, -0.1) is 0 Å². The third-order valence-electron chi connectivity index (χ3n) is 3.42. The maximum absolute atomic E-state index is 12.2. The first-order valence-electron chi connectivity index (χ1n) is 6.59. The fourth-order valence-electron chi connectivity index (χ4n) is 2.35. The molecule has 0 aromatic heterocycles. The van der Waals surface area contributed by atoms with E-state index in [0.717, 1.165) is 25.7 Å². The molecule has 1 amide bonds. The number of carbonyl (C=O) groups excluding carboxylic acids is 2. The van der Waals surface area contributed by atoms with E-state index in [1.165, 1.54) is 7.11 Å². The van der Waals surface area contributed by atoms with E-state index < -0.39 is 5.54 Å². The molecule has 0 saturated heterocycles. The van der Waals surface area contributed by atoms with E-state index in [9.17, 15) is 9.59 Å². The summed E-state index contributed by atoms with van der Waals surface area (Å²) in [7, 11) is 1.35. The van der Waals surface area contributed by atoms with Crippen molar-refractivity contribution >= 4 is 11.9 Å². The van der Waals surface area contributed by atoms with Crippen LogP contribution < -0.4 is 5.32 Å². The summed E-state index contributed by atoms with van der Waals surface area (Å²) in [5.41, 5.74) is -0.901. The Morgan fingerprint density at radius 1 is 1.44 bits per heavy atom. The zero-order valence-corrected chi connectivity index (χ0v) is 11.5. The summed E-state index contributed by atoms with van der Waals surface area (Å²) in [6, 6.07) is 0. The predicted molar refractivity (Wildman–Crippen MR) is 70.0 cm³/mol. The zero-order valence-electron chi connectivity index (χ0n) is 11.5. The van der Waals surface area contributed by atoms with Crippen LogP contribution in [0.4, 0.5) is 0 Å². The van der Waals surface area contributed by atoms with Crippen molar-refractivity contribution in [2.45, 2.75) is 51.5 Å². The van der Waals surface area contributed by atoms with Gasteiger partial charge >= 0.3 is 5.97 Å². The Bertz CT molecular complexity index is 338. The van der Waals surface area contributed by atoms with Crippen molar-refractivity contribution in [1.82, 2.24) is 5.32 Å². The minimum Gasteiger partial charge on any atom is -0.467 e. The smallest absolute Gasteiger partial charge is 0.331 e. The zero-order chi connectivity index (χ0) is 13.6. The van der Waals surface area contributed by atoms with Crippen molar-refractivity contribution in [1.29, 1.82) is 0 Å².